The van der Waals surface area contributed by atoms with Crippen LogP contribution in [0.2, 0.25) is 0 Å². The Morgan fingerprint density at radius 3 is 2.93 bits per heavy atom. The van der Waals surface area contributed by atoms with Gasteiger partial charge in [0.15, 0.2) is 0 Å². The Balaban J connectivity index is 1.35. The third-order valence-electron chi connectivity index (χ3n) is 5.08. The second-order valence-electron chi connectivity index (χ2n) is 6.95. The van der Waals surface area contributed by atoms with E-state index in [9.17, 15) is 0 Å². The van der Waals surface area contributed by atoms with Crippen molar-refractivity contribution in [2.75, 3.05) is 20.2 Å². The minimum Gasteiger partial charge on any atom is -0.497 e. The highest BCUT2D eigenvalue weighted by Crippen LogP contribution is 2.18. The first kappa shape index (κ1) is 18.2. The van der Waals surface area contributed by atoms with Crippen molar-refractivity contribution < 1.29 is 4.74 Å². The van der Waals surface area contributed by atoms with E-state index in [2.05, 4.69) is 49.4 Å². The minimum absolute atomic E-state index is 0.514. The molecule has 3 heterocycles. The topological polar surface area (TPSA) is 42.3 Å². The average Bonchev–Trinajstić information content (AvgIpc) is 3.39. The van der Waals surface area contributed by atoms with Crippen molar-refractivity contribution in [1.29, 1.82) is 0 Å². The van der Waals surface area contributed by atoms with Gasteiger partial charge in [-0.2, -0.15) is 0 Å². The molecule has 1 N–H and O–H groups in total. The van der Waals surface area contributed by atoms with Crippen molar-refractivity contribution in [2.24, 2.45) is 0 Å². The summed E-state index contributed by atoms with van der Waals surface area (Å²) < 4.78 is 7.39. The molecule has 0 bridgehead atoms. The summed E-state index contributed by atoms with van der Waals surface area (Å²) in [4.78, 5) is 8.56. The zero-order chi connectivity index (χ0) is 18.5. The van der Waals surface area contributed by atoms with E-state index in [0.717, 1.165) is 36.9 Å². The maximum absolute atomic E-state index is 5.25. The number of piperidine rings is 1. The Labute approximate surface area is 164 Å². The van der Waals surface area contributed by atoms with E-state index in [1.807, 2.05) is 35.9 Å². The lowest BCUT2D eigenvalue weighted by molar-refractivity contribution is 0.183. The number of nitrogens with zero attached hydrogens (tertiary/aromatic N) is 3. The molecule has 0 aliphatic carbocycles. The summed E-state index contributed by atoms with van der Waals surface area (Å²) in [5.41, 5.74) is 1.10. The predicted molar refractivity (Wildman–Crippen MR) is 110 cm³/mol. The van der Waals surface area contributed by atoms with Gasteiger partial charge in [-0.1, -0.05) is 6.07 Å². The Morgan fingerprint density at radius 2 is 2.15 bits per heavy atom. The van der Waals surface area contributed by atoms with Gasteiger partial charge in [-0.05, 0) is 55.1 Å². The van der Waals surface area contributed by atoms with Crippen LogP contribution >= 0.6 is 11.3 Å². The number of likely N-dealkylation sites (tertiary alicyclic amines) is 1. The van der Waals surface area contributed by atoms with E-state index >= 15 is 0 Å². The fourth-order valence-electron chi connectivity index (χ4n) is 3.67. The number of thiophene rings is 1. The fraction of sp³-hybridized carbons (Fsp3) is 0.381. The van der Waals surface area contributed by atoms with Gasteiger partial charge in [-0.25, -0.2) is 4.98 Å². The SMILES string of the molecule is COc1ccc(-n2ccnc2CNC2CCCN(Cc3cccs3)C2)cc1. The summed E-state index contributed by atoms with van der Waals surface area (Å²) >= 11 is 1.85. The maximum Gasteiger partial charge on any atom is 0.127 e. The Hall–Kier alpha value is -2.15. The van der Waals surface area contributed by atoms with Crippen LogP contribution in [0.3, 0.4) is 0 Å². The molecule has 0 radical (unpaired) electrons. The first-order chi connectivity index (χ1) is 13.3. The number of methoxy groups -OCH3 is 1. The first-order valence-electron chi connectivity index (χ1n) is 9.46. The van der Waals surface area contributed by atoms with Crippen molar-refractivity contribution in [3.05, 3.63) is 64.9 Å². The highest BCUT2D eigenvalue weighted by molar-refractivity contribution is 7.09. The molecule has 0 saturated carbocycles. The van der Waals surface area contributed by atoms with Crippen LogP contribution in [0.1, 0.15) is 23.5 Å². The average molecular weight is 383 g/mol. The van der Waals surface area contributed by atoms with Gasteiger partial charge < -0.3 is 14.6 Å². The van der Waals surface area contributed by atoms with E-state index < -0.39 is 0 Å². The van der Waals surface area contributed by atoms with Gasteiger partial charge in [0.2, 0.25) is 0 Å². The predicted octanol–water partition coefficient (Wildman–Crippen LogP) is 3.70. The zero-order valence-electron chi connectivity index (χ0n) is 15.7. The van der Waals surface area contributed by atoms with Gasteiger partial charge in [0.05, 0.1) is 13.7 Å². The monoisotopic (exact) mass is 382 g/mol. The molecule has 0 amide bonds. The van der Waals surface area contributed by atoms with Crippen LogP contribution in [0.15, 0.2) is 54.2 Å². The van der Waals surface area contributed by atoms with Crippen LogP contribution in [0, 0.1) is 0 Å². The Kier molecular flexibility index (Phi) is 5.87. The number of hydrogen-bond acceptors (Lipinski definition) is 5. The van der Waals surface area contributed by atoms with Crippen LogP contribution in [0.25, 0.3) is 5.69 Å². The van der Waals surface area contributed by atoms with Crippen LogP contribution in [-0.2, 0) is 13.1 Å². The minimum atomic E-state index is 0.514. The number of nitrogens with one attached hydrogen (secondary N) is 1. The second kappa shape index (κ2) is 8.69. The number of rotatable bonds is 7. The fourth-order valence-corrected chi connectivity index (χ4v) is 4.41. The molecule has 1 aromatic carbocycles. The van der Waals surface area contributed by atoms with Crippen LogP contribution in [0.4, 0.5) is 0 Å². The van der Waals surface area contributed by atoms with Crippen molar-refractivity contribution >= 4 is 11.3 Å². The second-order valence-corrected chi connectivity index (χ2v) is 7.98. The molecule has 1 fully saturated rings. The molecule has 3 aromatic rings. The number of benzene rings is 1. The standard InChI is InChI=1S/C21H26N4OS/c1-26-19-8-6-18(7-9-19)25-12-10-22-21(25)14-23-17-4-2-11-24(15-17)16-20-5-3-13-27-20/h3,5-10,12-13,17,23H,2,4,11,14-16H2,1H3. The highest BCUT2D eigenvalue weighted by Gasteiger charge is 2.20. The van der Waals surface area contributed by atoms with Crippen molar-refractivity contribution in [3.8, 4) is 11.4 Å². The number of aromatic nitrogens is 2. The maximum atomic E-state index is 5.25. The van der Waals surface area contributed by atoms with E-state index in [1.165, 1.54) is 24.3 Å². The molecule has 1 atom stereocenters. The van der Waals surface area contributed by atoms with Gasteiger partial charge in [0, 0.05) is 42.1 Å². The summed E-state index contributed by atoms with van der Waals surface area (Å²) in [5.74, 6) is 1.90. The summed E-state index contributed by atoms with van der Waals surface area (Å²) in [7, 11) is 1.69. The number of hydrogen-bond donors (Lipinski definition) is 1. The van der Waals surface area contributed by atoms with E-state index in [1.54, 1.807) is 7.11 Å². The highest BCUT2D eigenvalue weighted by atomic mass is 32.1. The summed E-state index contributed by atoms with van der Waals surface area (Å²) in [5, 5.41) is 5.88. The molecule has 1 unspecified atom stereocenters. The molecule has 1 aliphatic heterocycles. The zero-order valence-corrected chi connectivity index (χ0v) is 16.5. The van der Waals surface area contributed by atoms with Gasteiger partial charge in [-0.3, -0.25) is 4.90 Å². The number of ether oxygens (including phenoxy) is 1. The summed E-state index contributed by atoms with van der Waals surface area (Å²) in [6, 6.07) is 13.0. The van der Waals surface area contributed by atoms with Gasteiger partial charge in [0.1, 0.15) is 11.6 Å². The molecule has 1 aliphatic rings. The molecule has 1 saturated heterocycles. The molecule has 27 heavy (non-hydrogen) atoms. The third-order valence-corrected chi connectivity index (χ3v) is 5.94. The Morgan fingerprint density at radius 1 is 1.26 bits per heavy atom. The lowest BCUT2D eigenvalue weighted by atomic mass is 10.1. The molecule has 6 heteroatoms. The molecule has 4 rings (SSSR count). The quantitative estimate of drug-likeness (QED) is 0.677. The Bertz CT molecular complexity index is 828. The molecular formula is C21H26N4OS. The van der Waals surface area contributed by atoms with E-state index in [-0.39, 0.29) is 0 Å². The summed E-state index contributed by atoms with van der Waals surface area (Å²) in [6.07, 6.45) is 6.36. The molecule has 142 valence electrons. The smallest absolute Gasteiger partial charge is 0.127 e. The first-order valence-corrected chi connectivity index (χ1v) is 10.3. The molecule has 0 spiro atoms. The van der Waals surface area contributed by atoms with Crippen LogP contribution < -0.4 is 10.1 Å². The lowest BCUT2D eigenvalue weighted by Crippen LogP contribution is -2.45. The molecule has 5 nitrogen and oxygen atoms in total. The van der Waals surface area contributed by atoms with Gasteiger partial charge >= 0.3 is 0 Å². The van der Waals surface area contributed by atoms with Crippen molar-refractivity contribution in [1.82, 2.24) is 19.8 Å². The van der Waals surface area contributed by atoms with Crippen LogP contribution in [0.5, 0.6) is 5.75 Å². The van der Waals surface area contributed by atoms with Crippen molar-refractivity contribution in [2.45, 2.75) is 32.0 Å². The molecular weight excluding hydrogens is 356 g/mol. The van der Waals surface area contributed by atoms with Gasteiger partial charge in [0.25, 0.3) is 0 Å². The van der Waals surface area contributed by atoms with Crippen molar-refractivity contribution in [3.63, 3.8) is 0 Å². The van der Waals surface area contributed by atoms with E-state index in [4.69, 9.17) is 4.74 Å². The molecule has 2 aromatic heterocycles. The lowest BCUT2D eigenvalue weighted by Gasteiger charge is -2.33. The number of imidazole rings is 1. The summed E-state index contributed by atoms with van der Waals surface area (Å²) in [6.45, 7) is 4.13. The third kappa shape index (κ3) is 4.58. The van der Waals surface area contributed by atoms with E-state index in [0.29, 0.717) is 6.04 Å². The largest absolute Gasteiger partial charge is 0.497 e. The van der Waals surface area contributed by atoms with Crippen LogP contribution in [-0.4, -0.2) is 40.7 Å². The normalized spacial score (nSPS) is 17.9. The van der Waals surface area contributed by atoms with Gasteiger partial charge in [-0.15, -0.1) is 11.3 Å².